The molecule has 2 aromatic heterocycles. The summed E-state index contributed by atoms with van der Waals surface area (Å²) < 4.78 is 5.28. The van der Waals surface area contributed by atoms with Gasteiger partial charge in [0.05, 0.1) is 6.26 Å². The minimum atomic E-state index is -0.128. The third-order valence-electron chi connectivity index (χ3n) is 3.91. The smallest absolute Gasteiger partial charge is 0.270 e. The van der Waals surface area contributed by atoms with E-state index < -0.39 is 0 Å². The first-order valence-electron chi connectivity index (χ1n) is 7.17. The fourth-order valence-corrected chi connectivity index (χ4v) is 3.41. The van der Waals surface area contributed by atoms with Gasteiger partial charge in [-0.3, -0.25) is 4.79 Å². The van der Waals surface area contributed by atoms with E-state index in [1.807, 2.05) is 6.07 Å². The second-order valence-corrected chi connectivity index (χ2v) is 6.25. The average molecular weight is 306 g/mol. The van der Waals surface area contributed by atoms with E-state index in [2.05, 4.69) is 10.3 Å². The summed E-state index contributed by atoms with van der Waals surface area (Å²) in [5.41, 5.74) is 0.440. The maximum Gasteiger partial charge on any atom is 0.270 e. The lowest BCUT2D eigenvalue weighted by Crippen LogP contribution is -2.38. The van der Waals surface area contributed by atoms with Gasteiger partial charge >= 0.3 is 0 Å². The fraction of sp³-hybridized carbons (Fsp3) is 0.467. The highest BCUT2D eigenvalue weighted by Crippen LogP contribution is 2.26. The van der Waals surface area contributed by atoms with Crippen molar-refractivity contribution in [3.8, 4) is 10.8 Å². The molecule has 1 saturated carbocycles. The van der Waals surface area contributed by atoms with E-state index in [1.165, 1.54) is 11.3 Å². The van der Waals surface area contributed by atoms with Crippen LogP contribution in [0.15, 0.2) is 28.2 Å². The molecule has 2 heterocycles. The number of furan rings is 1. The van der Waals surface area contributed by atoms with Crippen molar-refractivity contribution >= 4 is 17.2 Å². The zero-order valence-electron chi connectivity index (χ0n) is 11.6. The van der Waals surface area contributed by atoms with Crippen molar-refractivity contribution in [1.29, 1.82) is 0 Å². The predicted octanol–water partition coefficient (Wildman–Crippen LogP) is 2.68. The van der Waals surface area contributed by atoms with Crippen LogP contribution in [0.5, 0.6) is 0 Å². The van der Waals surface area contributed by atoms with Gasteiger partial charge in [0.2, 0.25) is 0 Å². The number of thiazole rings is 1. The van der Waals surface area contributed by atoms with Crippen molar-refractivity contribution in [2.45, 2.75) is 31.7 Å². The Labute approximate surface area is 127 Å². The summed E-state index contributed by atoms with van der Waals surface area (Å²) in [4.78, 5) is 16.5. The third kappa shape index (κ3) is 3.33. The van der Waals surface area contributed by atoms with Crippen LogP contribution >= 0.6 is 11.3 Å². The molecule has 5 nitrogen and oxygen atoms in total. The minimum Gasteiger partial charge on any atom is -0.462 e. The number of aliphatic hydroxyl groups is 1. The minimum absolute atomic E-state index is 0.128. The zero-order valence-corrected chi connectivity index (χ0v) is 12.4. The number of aliphatic hydroxyl groups excluding tert-OH is 1. The standard InChI is InChI=1S/C15H18N2O3S/c18-8-10-3-5-11(6-4-10)16-14(19)12-9-21-15(17-12)13-2-1-7-20-13/h1-2,7,9-11,18H,3-6,8H2,(H,16,19). The first kappa shape index (κ1) is 14.3. The van der Waals surface area contributed by atoms with Gasteiger partial charge in [-0.2, -0.15) is 0 Å². The van der Waals surface area contributed by atoms with Gasteiger partial charge in [0.25, 0.3) is 5.91 Å². The molecule has 0 aliphatic heterocycles. The molecule has 1 aliphatic carbocycles. The van der Waals surface area contributed by atoms with E-state index in [0.29, 0.717) is 22.4 Å². The molecule has 112 valence electrons. The summed E-state index contributed by atoms with van der Waals surface area (Å²) in [5, 5.41) is 14.6. The van der Waals surface area contributed by atoms with E-state index >= 15 is 0 Å². The van der Waals surface area contributed by atoms with Crippen LogP contribution in [0.1, 0.15) is 36.2 Å². The highest BCUT2D eigenvalue weighted by Gasteiger charge is 2.23. The number of carbonyl (C=O) groups is 1. The van der Waals surface area contributed by atoms with Crippen molar-refractivity contribution < 1.29 is 14.3 Å². The first-order valence-corrected chi connectivity index (χ1v) is 8.05. The molecular formula is C15H18N2O3S. The number of aromatic nitrogens is 1. The van der Waals surface area contributed by atoms with Gasteiger partial charge < -0.3 is 14.8 Å². The monoisotopic (exact) mass is 306 g/mol. The molecule has 0 spiro atoms. The highest BCUT2D eigenvalue weighted by atomic mass is 32.1. The zero-order chi connectivity index (χ0) is 14.7. The SMILES string of the molecule is O=C(NC1CCC(CO)CC1)c1csc(-c2ccco2)n1. The van der Waals surface area contributed by atoms with E-state index in [0.717, 1.165) is 25.7 Å². The van der Waals surface area contributed by atoms with Gasteiger partial charge in [0, 0.05) is 18.0 Å². The summed E-state index contributed by atoms with van der Waals surface area (Å²) >= 11 is 1.40. The molecular weight excluding hydrogens is 288 g/mol. The number of hydrogen-bond acceptors (Lipinski definition) is 5. The van der Waals surface area contributed by atoms with E-state index in [1.54, 1.807) is 17.7 Å². The lowest BCUT2D eigenvalue weighted by molar-refractivity contribution is 0.0909. The molecule has 0 radical (unpaired) electrons. The molecule has 1 aliphatic rings. The van der Waals surface area contributed by atoms with Crippen molar-refractivity contribution in [2.75, 3.05) is 6.61 Å². The van der Waals surface area contributed by atoms with Gasteiger partial charge in [-0.05, 0) is 43.7 Å². The lowest BCUT2D eigenvalue weighted by atomic mass is 9.86. The van der Waals surface area contributed by atoms with Gasteiger partial charge in [-0.15, -0.1) is 11.3 Å². The van der Waals surface area contributed by atoms with Crippen LogP contribution < -0.4 is 5.32 Å². The van der Waals surface area contributed by atoms with Gasteiger partial charge in [-0.1, -0.05) is 0 Å². The Kier molecular flexibility index (Phi) is 4.36. The van der Waals surface area contributed by atoms with Crippen LogP contribution in [-0.4, -0.2) is 28.6 Å². The molecule has 1 amide bonds. The number of nitrogens with zero attached hydrogens (tertiary/aromatic N) is 1. The summed E-state index contributed by atoms with van der Waals surface area (Å²) in [6.45, 7) is 0.249. The summed E-state index contributed by atoms with van der Waals surface area (Å²) in [6.07, 6.45) is 5.38. The number of amides is 1. The molecule has 0 atom stereocenters. The van der Waals surface area contributed by atoms with Crippen molar-refractivity contribution in [3.05, 3.63) is 29.5 Å². The maximum absolute atomic E-state index is 12.2. The first-order chi connectivity index (χ1) is 10.3. The second kappa shape index (κ2) is 6.41. The Morgan fingerprint density at radius 2 is 2.24 bits per heavy atom. The van der Waals surface area contributed by atoms with Crippen molar-refractivity contribution in [2.24, 2.45) is 5.92 Å². The van der Waals surface area contributed by atoms with Crippen LogP contribution in [0.25, 0.3) is 10.8 Å². The number of nitrogens with one attached hydrogen (secondary N) is 1. The van der Waals surface area contributed by atoms with E-state index in [-0.39, 0.29) is 18.6 Å². The van der Waals surface area contributed by atoms with E-state index in [9.17, 15) is 4.79 Å². The lowest BCUT2D eigenvalue weighted by Gasteiger charge is -2.27. The Morgan fingerprint density at radius 1 is 1.43 bits per heavy atom. The molecule has 3 rings (SSSR count). The van der Waals surface area contributed by atoms with Crippen LogP contribution in [0.4, 0.5) is 0 Å². The van der Waals surface area contributed by atoms with Gasteiger partial charge in [-0.25, -0.2) is 4.98 Å². The van der Waals surface area contributed by atoms with Gasteiger partial charge in [0.1, 0.15) is 5.69 Å². The van der Waals surface area contributed by atoms with Crippen LogP contribution in [0, 0.1) is 5.92 Å². The normalized spacial score (nSPS) is 22.1. The van der Waals surface area contributed by atoms with Crippen molar-refractivity contribution in [3.63, 3.8) is 0 Å². The molecule has 0 saturated heterocycles. The fourth-order valence-electron chi connectivity index (χ4n) is 2.64. The van der Waals surface area contributed by atoms with E-state index in [4.69, 9.17) is 9.52 Å². The molecule has 2 aromatic rings. The number of hydrogen-bond donors (Lipinski definition) is 2. The van der Waals surface area contributed by atoms with Gasteiger partial charge in [0.15, 0.2) is 10.8 Å². The number of carbonyl (C=O) groups excluding carboxylic acids is 1. The molecule has 0 bridgehead atoms. The Bertz CT molecular complexity index is 586. The topological polar surface area (TPSA) is 75.4 Å². The van der Waals surface area contributed by atoms with Crippen LogP contribution in [0.3, 0.4) is 0 Å². The third-order valence-corrected chi connectivity index (χ3v) is 4.77. The summed E-state index contributed by atoms with van der Waals surface area (Å²) in [6, 6.07) is 3.82. The predicted molar refractivity (Wildman–Crippen MR) is 80.1 cm³/mol. The molecule has 1 fully saturated rings. The Hall–Kier alpha value is -1.66. The average Bonchev–Trinajstić information content (AvgIpc) is 3.19. The molecule has 0 unspecified atom stereocenters. The Balaban J connectivity index is 1.59. The number of rotatable bonds is 4. The maximum atomic E-state index is 12.2. The molecule has 0 aromatic carbocycles. The van der Waals surface area contributed by atoms with Crippen molar-refractivity contribution in [1.82, 2.24) is 10.3 Å². The quantitative estimate of drug-likeness (QED) is 0.910. The van der Waals surface area contributed by atoms with Crippen LogP contribution in [0.2, 0.25) is 0 Å². The molecule has 6 heteroatoms. The highest BCUT2D eigenvalue weighted by molar-refractivity contribution is 7.13. The summed E-state index contributed by atoms with van der Waals surface area (Å²) in [5.74, 6) is 0.946. The Morgan fingerprint density at radius 3 is 2.90 bits per heavy atom. The second-order valence-electron chi connectivity index (χ2n) is 5.39. The molecule has 21 heavy (non-hydrogen) atoms. The summed E-state index contributed by atoms with van der Waals surface area (Å²) in [7, 11) is 0. The largest absolute Gasteiger partial charge is 0.462 e. The molecule has 2 N–H and O–H groups in total. The van der Waals surface area contributed by atoms with Crippen LogP contribution in [-0.2, 0) is 0 Å².